The normalized spacial score (nSPS) is 22.6. The van der Waals surface area contributed by atoms with Gasteiger partial charge in [-0.15, -0.1) is 0 Å². The van der Waals surface area contributed by atoms with Crippen LogP contribution >= 0.6 is 15.9 Å². The maximum absolute atomic E-state index is 13.0. The van der Waals surface area contributed by atoms with E-state index in [-0.39, 0.29) is 11.9 Å². The minimum atomic E-state index is -0.780. The van der Waals surface area contributed by atoms with Crippen LogP contribution in [0.5, 0.6) is 0 Å². The van der Waals surface area contributed by atoms with Crippen LogP contribution in [0.15, 0.2) is 53.0 Å². The molecule has 1 N–H and O–H groups in total. The van der Waals surface area contributed by atoms with Crippen molar-refractivity contribution in [3.8, 4) is 0 Å². The number of urea groups is 1. The Bertz CT molecular complexity index is 836. The fourth-order valence-electron chi connectivity index (χ4n) is 3.66. The van der Waals surface area contributed by atoms with Gasteiger partial charge in [-0.1, -0.05) is 52.3 Å². The fraction of sp³-hybridized carbons (Fsp3) is 0.263. The van der Waals surface area contributed by atoms with Crippen molar-refractivity contribution in [2.75, 3.05) is 0 Å². The van der Waals surface area contributed by atoms with E-state index in [9.17, 15) is 9.59 Å². The Morgan fingerprint density at radius 3 is 2.67 bits per heavy atom. The molecule has 0 radical (unpaired) electrons. The highest BCUT2D eigenvalue weighted by atomic mass is 79.9. The van der Waals surface area contributed by atoms with E-state index in [2.05, 4.69) is 27.3 Å². The summed E-state index contributed by atoms with van der Waals surface area (Å²) in [5.41, 5.74) is 2.58. The Balaban J connectivity index is 1.60. The van der Waals surface area contributed by atoms with Gasteiger partial charge in [-0.2, -0.15) is 0 Å². The van der Waals surface area contributed by atoms with Gasteiger partial charge in [0.25, 0.3) is 5.91 Å². The Labute approximate surface area is 149 Å². The minimum absolute atomic E-state index is 0.109. The lowest BCUT2D eigenvalue weighted by Crippen LogP contribution is -2.51. The average Bonchev–Trinajstić information content (AvgIpc) is 2.79. The number of rotatable bonds is 2. The molecule has 4 nitrogen and oxygen atoms in total. The van der Waals surface area contributed by atoms with E-state index in [1.807, 2.05) is 42.5 Å². The van der Waals surface area contributed by atoms with Gasteiger partial charge in [-0.25, -0.2) is 4.79 Å². The van der Waals surface area contributed by atoms with E-state index in [4.69, 9.17) is 0 Å². The third kappa shape index (κ3) is 2.53. The van der Waals surface area contributed by atoms with Crippen molar-refractivity contribution in [3.05, 3.63) is 69.7 Å². The molecule has 2 aliphatic rings. The van der Waals surface area contributed by atoms with Gasteiger partial charge in [0.15, 0.2) is 0 Å². The van der Waals surface area contributed by atoms with E-state index in [0.29, 0.717) is 19.4 Å². The molecule has 4 rings (SSSR count). The zero-order valence-corrected chi connectivity index (χ0v) is 14.7. The molecule has 1 heterocycles. The van der Waals surface area contributed by atoms with E-state index >= 15 is 0 Å². The number of carbonyl (C=O) groups is 2. The van der Waals surface area contributed by atoms with Gasteiger partial charge in [0.05, 0.1) is 6.54 Å². The topological polar surface area (TPSA) is 49.4 Å². The quantitative estimate of drug-likeness (QED) is 0.806. The molecule has 5 heteroatoms. The number of hydrogen-bond acceptors (Lipinski definition) is 2. The van der Waals surface area contributed by atoms with Crippen LogP contribution in [0.1, 0.15) is 23.1 Å². The van der Waals surface area contributed by atoms with Crippen molar-refractivity contribution in [2.24, 2.45) is 0 Å². The first-order chi connectivity index (χ1) is 11.6. The van der Waals surface area contributed by atoms with Crippen molar-refractivity contribution >= 4 is 27.9 Å². The number of halogens is 1. The number of carbonyl (C=O) groups excluding carboxylic acids is 2. The molecule has 2 aromatic carbocycles. The molecule has 2 aromatic rings. The summed E-state index contributed by atoms with van der Waals surface area (Å²) in [4.78, 5) is 26.8. The highest BCUT2D eigenvalue weighted by molar-refractivity contribution is 9.10. The molecule has 0 aromatic heterocycles. The predicted octanol–water partition coefficient (Wildman–Crippen LogP) is 3.43. The van der Waals surface area contributed by atoms with Crippen LogP contribution in [-0.2, 0) is 24.2 Å². The number of aryl methyl sites for hydroxylation is 1. The van der Waals surface area contributed by atoms with Crippen molar-refractivity contribution in [3.63, 3.8) is 0 Å². The molecule has 1 aliphatic carbocycles. The SMILES string of the molecule is O=C1NC2(CCc3ccccc3C2)C(=O)N1Cc1cccc(Br)c1. The summed E-state index contributed by atoms with van der Waals surface area (Å²) >= 11 is 3.43. The second-order valence-corrected chi connectivity index (χ2v) is 7.39. The first-order valence-electron chi connectivity index (χ1n) is 8.03. The number of imide groups is 1. The first kappa shape index (κ1) is 15.4. The molecule has 1 unspecified atom stereocenters. The van der Waals surface area contributed by atoms with Gasteiger partial charge >= 0.3 is 6.03 Å². The van der Waals surface area contributed by atoms with Crippen molar-refractivity contribution in [1.82, 2.24) is 10.2 Å². The maximum atomic E-state index is 13.0. The molecule has 1 spiro atoms. The van der Waals surface area contributed by atoms with Crippen LogP contribution in [0.4, 0.5) is 4.79 Å². The summed E-state index contributed by atoms with van der Waals surface area (Å²) in [6.07, 6.45) is 2.04. The van der Waals surface area contributed by atoms with Crippen LogP contribution in [0.2, 0.25) is 0 Å². The molecule has 24 heavy (non-hydrogen) atoms. The lowest BCUT2D eigenvalue weighted by molar-refractivity contribution is -0.132. The van der Waals surface area contributed by atoms with Crippen LogP contribution in [0.3, 0.4) is 0 Å². The van der Waals surface area contributed by atoms with Gasteiger partial charge in [0.1, 0.15) is 5.54 Å². The lowest BCUT2D eigenvalue weighted by atomic mass is 9.78. The molecule has 1 aliphatic heterocycles. The van der Waals surface area contributed by atoms with Crippen LogP contribution in [0, 0.1) is 0 Å². The first-order valence-corrected chi connectivity index (χ1v) is 8.82. The molecule has 3 amide bonds. The molecule has 1 saturated heterocycles. The van der Waals surface area contributed by atoms with Crippen molar-refractivity contribution in [1.29, 1.82) is 0 Å². The third-order valence-electron chi connectivity index (χ3n) is 4.91. The number of hydrogen-bond donors (Lipinski definition) is 1. The van der Waals surface area contributed by atoms with Gasteiger partial charge in [0, 0.05) is 10.9 Å². The molecule has 1 atom stereocenters. The highest BCUT2D eigenvalue weighted by Gasteiger charge is 2.52. The monoisotopic (exact) mass is 384 g/mol. The summed E-state index contributed by atoms with van der Waals surface area (Å²) in [6.45, 7) is 0.299. The number of benzene rings is 2. The zero-order chi connectivity index (χ0) is 16.7. The highest BCUT2D eigenvalue weighted by Crippen LogP contribution is 2.34. The summed E-state index contributed by atoms with van der Waals surface area (Å²) < 4.78 is 0.938. The molecular formula is C19H17BrN2O2. The van der Waals surface area contributed by atoms with Crippen molar-refractivity contribution in [2.45, 2.75) is 31.3 Å². The Hall–Kier alpha value is -2.14. The molecule has 0 saturated carbocycles. The fourth-order valence-corrected chi connectivity index (χ4v) is 4.11. The Kier molecular flexibility index (Phi) is 3.68. The largest absolute Gasteiger partial charge is 0.325 e. The number of nitrogens with zero attached hydrogens (tertiary/aromatic N) is 1. The summed E-state index contributed by atoms with van der Waals surface area (Å²) in [6, 6.07) is 15.5. The second-order valence-electron chi connectivity index (χ2n) is 6.48. The summed E-state index contributed by atoms with van der Waals surface area (Å²) in [5, 5.41) is 2.97. The van der Waals surface area contributed by atoms with E-state index in [1.54, 1.807) is 0 Å². The summed E-state index contributed by atoms with van der Waals surface area (Å²) in [5.74, 6) is -0.109. The predicted molar refractivity (Wildman–Crippen MR) is 94.4 cm³/mol. The molecule has 122 valence electrons. The Morgan fingerprint density at radius 2 is 1.88 bits per heavy atom. The smallest absolute Gasteiger partial charge is 0.323 e. The number of nitrogens with one attached hydrogen (secondary N) is 1. The molecule has 0 bridgehead atoms. The Morgan fingerprint density at radius 1 is 1.08 bits per heavy atom. The van der Waals surface area contributed by atoms with Crippen LogP contribution < -0.4 is 5.32 Å². The van der Waals surface area contributed by atoms with Crippen molar-refractivity contribution < 1.29 is 9.59 Å². The number of fused-ring (bicyclic) bond motifs is 1. The average molecular weight is 385 g/mol. The van der Waals surface area contributed by atoms with Gasteiger partial charge in [-0.05, 0) is 41.7 Å². The number of amides is 3. The lowest BCUT2D eigenvalue weighted by Gasteiger charge is -2.32. The van der Waals surface area contributed by atoms with Crippen LogP contribution in [-0.4, -0.2) is 22.4 Å². The van der Waals surface area contributed by atoms with Crippen LogP contribution in [0.25, 0.3) is 0 Å². The van der Waals surface area contributed by atoms with E-state index in [1.165, 1.54) is 10.5 Å². The second kappa shape index (κ2) is 5.74. The zero-order valence-electron chi connectivity index (χ0n) is 13.1. The standard InChI is InChI=1S/C19H17BrN2O2/c20-16-7-3-4-13(10-16)12-22-17(23)19(21-18(22)24)9-8-14-5-1-2-6-15(14)11-19/h1-7,10H,8-9,11-12H2,(H,21,24). The van der Waals surface area contributed by atoms with E-state index in [0.717, 1.165) is 22.0 Å². The molecule has 1 fully saturated rings. The maximum Gasteiger partial charge on any atom is 0.325 e. The summed E-state index contributed by atoms with van der Waals surface area (Å²) in [7, 11) is 0. The third-order valence-corrected chi connectivity index (χ3v) is 5.40. The van der Waals surface area contributed by atoms with E-state index < -0.39 is 5.54 Å². The van der Waals surface area contributed by atoms with Gasteiger partial charge in [0.2, 0.25) is 0 Å². The minimum Gasteiger partial charge on any atom is -0.323 e. The van der Waals surface area contributed by atoms with Gasteiger partial charge < -0.3 is 5.32 Å². The van der Waals surface area contributed by atoms with Gasteiger partial charge in [-0.3, -0.25) is 9.69 Å². The molecular weight excluding hydrogens is 368 g/mol.